The maximum absolute atomic E-state index is 13.8. The van der Waals surface area contributed by atoms with Crippen molar-refractivity contribution >= 4 is 29.1 Å². The number of carboxylic acids is 1. The first-order chi connectivity index (χ1) is 13.3. The number of nitrogens with one attached hydrogen (secondary N) is 1. The van der Waals surface area contributed by atoms with Crippen molar-refractivity contribution in [1.29, 1.82) is 0 Å². The Hall–Kier alpha value is -2.81. The highest BCUT2D eigenvalue weighted by molar-refractivity contribution is 7.10. The van der Waals surface area contributed by atoms with E-state index in [1.165, 1.54) is 4.88 Å². The van der Waals surface area contributed by atoms with Crippen molar-refractivity contribution in [1.82, 2.24) is 10.2 Å². The zero-order valence-electron chi connectivity index (χ0n) is 14.8. The third-order valence-electron chi connectivity index (χ3n) is 4.55. The number of carbonyl (C=O) groups excluding carboxylic acids is 2. The molecule has 1 aromatic heterocycles. The second-order valence-electron chi connectivity index (χ2n) is 6.44. The van der Waals surface area contributed by atoms with Gasteiger partial charge in [0, 0.05) is 36.4 Å². The largest absolute Gasteiger partial charge is 0.479 e. The zero-order valence-corrected chi connectivity index (χ0v) is 15.6. The SMILES string of the molecule is O=C(CCC(=O)N1CCc2sccc2C1)NC(C(=O)O)c1cc(F)ccc1F. The summed E-state index contributed by atoms with van der Waals surface area (Å²) in [6.45, 7) is 1.06. The lowest BCUT2D eigenvalue weighted by Gasteiger charge is -2.27. The molecule has 28 heavy (non-hydrogen) atoms. The molecule has 1 aliphatic heterocycles. The molecule has 1 unspecified atom stereocenters. The monoisotopic (exact) mass is 408 g/mol. The number of fused-ring (bicyclic) bond motifs is 1. The summed E-state index contributed by atoms with van der Waals surface area (Å²) >= 11 is 1.65. The molecule has 6 nitrogen and oxygen atoms in total. The quantitative estimate of drug-likeness (QED) is 0.769. The number of rotatable bonds is 6. The first-order valence-electron chi connectivity index (χ1n) is 8.65. The van der Waals surface area contributed by atoms with Gasteiger partial charge in [0.05, 0.1) is 0 Å². The Bertz CT molecular complexity index is 915. The van der Waals surface area contributed by atoms with Crippen LogP contribution in [0, 0.1) is 11.6 Å². The Kier molecular flexibility index (Phi) is 6.03. The predicted octanol–water partition coefficient (Wildman–Crippen LogP) is 2.63. The summed E-state index contributed by atoms with van der Waals surface area (Å²) in [5, 5.41) is 13.4. The third kappa shape index (κ3) is 4.53. The van der Waals surface area contributed by atoms with Gasteiger partial charge in [0.25, 0.3) is 0 Å². The molecular weight excluding hydrogens is 390 g/mol. The van der Waals surface area contributed by atoms with Crippen LogP contribution in [0.4, 0.5) is 8.78 Å². The van der Waals surface area contributed by atoms with E-state index in [-0.39, 0.29) is 18.7 Å². The Morgan fingerprint density at radius 3 is 2.75 bits per heavy atom. The van der Waals surface area contributed by atoms with Gasteiger partial charge in [-0.25, -0.2) is 13.6 Å². The number of halogens is 2. The lowest BCUT2D eigenvalue weighted by atomic mass is 10.1. The molecule has 0 saturated heterocycles. The van der Waals surface area contributed by atoms with Gasteiger partial charge in [-0.15, -0.1) is 11.3 Å². The van der Waals surface area contributed by atoms with Gasteiger partial charge in [0.2, 0.25) is 11.8 Å². The van der Waals surface area contributed by atoms with Crippen molar-refractivity contribution in [3.8, 4) is 0 Å². The van der Waals surface area contributed by atoms with Crippen molar-refractivity contribution in [2.45, 2.75) is 31.8 Å². The van der Waals surface area contributed by atoms with Crippen molar-refractivity contribution in [3.63, 3.8) is 0 Å². The first kappa shape index (κ1) is 19.9. The average molecular weight is 408 g/mol. The van der Waals surface area contributed by atoms with E-state index in [2.05, 4.69) is 5.32 Å². The number of thiophene rings is 1. The Morgan fingerprint density at radius 2 is 2.00 bits per heavy atom. The number of hydrogen-bond donors (Lipinski definition) is 2. The van der Waals surface area contributed by atoms with Gasteiger partial charge in [0.15, 0.2) is 6.04 Å². The van der Waals surface area contributed by atoms with Crippen molar-refractivity contribution in [2.24, 2.45) is 0 Å². The average Bonchev–Trinajstić information content (AvgIpc) is 3.13. The first-order valence-corrected chi connectivity index (χ1v) is 9.53. The molecule has 0 aliphatic carbocycles. The van der Waals surface area contributed by atoms with Crippen LogP contribution in [-0.2, 0) is 27.3 Å². The molecule has 148 valence electrons. The molecule has 0 bridgehead atoms. The van der Waals surface area contributed by atoms with Crippen LogP contribution >= 0.6 is 11.3 Å². The van der Waals surface area contributed by atoms with Gasteiger partial charge in [0.1, 0.15) is 11.6 Å². The fraction of sp³-hybridized carbons (Fsp3) is 0.316. The molecule has 0 spiro atoms. The minimum atomic E-state index is -1.73. The van der Waals surface area contributed by atoms with E-state index in [0.29, 0.717) is 13.1 Å². The van der Waals surface area contributed by atoms with E-state index in [1.54, 1.807) is 16.2 Å². The van der Waals surface area contributed by atoms with E-state index in [9.17, 15) is 28.3 Å². The number of carbonyl (C=O) groups is 3. The lowest BCUT2D eigenvalue weighted by Crippen LogP contribution is -2.37. The summed E-state index contributed by atoms with van der Waals surface area (Å²) < 4.78 is 27.2. The van der Waals surface area contributed by atoms with E-state index in [0.717, 1.165) is 30.2 Å². The van der Waals surface area contributed by atoms with Crippen molar-refractivity contribution in [3.05, 3.63) is 57.3 Å². The van der Waals surface area contributed by atoms with Crippen molar-refractivity contribution in [2.75, 3.05) is 6.54 Å². The molecule has 2 heterocycles. The van der Waals surface area contributed by atoms with Crippen LogP contribution in [0.3, 0.4) is 0 Å². The highest BCUT2D eigenvalue weighted by Gasteiger charge is 2.27. The van der Waals surface area contributed by atoms with Crippen LogP contribution in [0.5, 0.6) is 0 Å². The Morgan fingerprint density at radius 1 is 1.21 bits per heavy atom. The van der Waals surface area contributed by atoms with E-state index in [1.807, 2.05) is 11.4 Å². The minimum Gasteiger partial charge on any atom is -0.479 e. The fourth-order valence-electron chi connectivity index (χ4n) is 3.08. The molecule has 0 fully saturated rings. The molecule has 0 saturated carbocycles. The molecule has 2 N–H and O–H groups in total. The maximum Gasteiger partial charge on any atom is 0.331 e. The zero-order chi connectivity index (χ0) is 20.3. The van der Waals surface area contributed by atoms with E-state index in [4.69, 9.17) is 0 Å². The molecule has 1 aliphatic rings. The van der Waals surface area contributed by atoms with E-state index < -0.39 is 35.1 Å². The standard InChI is InChI=1S/C19H18F2N2O4S/c20-12-1-2-14(21)13(9-12)18(19(26)27)22-16(24)3-4-17(25)23-7-5-15-11(10-23)6-8-28-15/h1-2,6,8-9,18H,3-5,7,10H2,(H,22,24)(H,26,27). The molecular formula is C19H18F2N2O4S. The lowest BCUT2D eigenvalue weighted by molar-refractivity contribution is -0.142. The van der Waals surface area contributed by atoms with Crippen LogP contribution in [0.15, 0.2) is 29.6 Å². The minimum absolute atomic E-state index is 0.0940. The molecule has 1 atom stereocenters. The number of nitrogens with zero attached hydrogens (tertiary/aromatic N) is 1. The number of aliphatic carboxylic acids is 1. The fourth-order valence-corrected chi connectivity index (χ4v) is 3.97. The van der Waals surface area contributed by atoms with Gasteiger partial charge < -0.3 is 15.3 Å². The number of hydrogen-bond acceptors (Lipinski definition) is 4. The van der Waals surface area contributed by atoms with E-state index >= 15 is 0 Å². The summed E-state index contributed by atoms with van der Waals surface area (Å²) in [6.07, 6.45) is 0.431. The van der Waals surface area contributed by atoms with Crippen LogP contribution in [-0.4, -0.2) is 34.3 Å². The molecule has 9 heteroatoms. The summed E-state index contributed by atoms with van der Waals surface area (Å²) in [6, 6.07) is 2.62. The number of amides is 2. The van der Waals surface area contributed by atoms with Gasteiger partial charge in [-0.05, 0) is 41.6 Å². The Balaban J connectivity index is 1.57. The van der Waals surface area contributed by atoms with Crippen LogP contribution in [0.1, 0.15) is 34.9 Å². The van der Waals surface area contributed by atoms with Gasteiger partial charge in [-0.2, -0.15) is 0 Å². The molecule has 3 rings (SSSR count). The summed E-state index contributed by atoms with van der Waals surface area (Å²) in [5.41, 5.74) is 0.620. The third-order valence-corrected chi connectivity index (χ3v) is 5.57. The summed E-state index contributed by atoms with van der Waals surface area (Å²) in [7, 11) is 0. The highest BCUT2D eigenvalue weighted by Crippen LogP contribution is 2.24. The van der Waals surface area contributed by atoms with Crippen molar-refractivity contribution < 1.29 is 28.3 Å². The summed E-state index contributed by atoms with van der Waals surface area (Å²) in [4.78, 5) is 38.8. The molecule has 1 aromatic carbocycles. The molecule has 2 aromatic rings. The topological polar surface area (TPSA) is 86.7 Å². The summed E-state index contributed by atoms with van der Waals surface area (Å²) in [5.74, 6) is -4.21. The second-order valence-corrected chi connectivity index (χ2v) is 7.44. The number of carboxylic acid groups (broad SMARTS) is 1. The number of benzene rings is 1. The molecule has 0 radical (unpaired) electrons. The van der Waals surface area contributed by atoms with Gasteiger partial charge in [-0.1, -0.05) is 0 Å². The van der Waals surface area contributed by atoms with Crippen LogP contribution < -0.4 is 5.32 Å². The smallest absolute Gasteiger partial charge is 0.331 e. The van der Waals surface area contributed by atoms with Crippen LogP contribution in [0.2, 0.25) is 0 Å². The predicted molar refractivity (Wildman–Crippen MR) is 97.6 cm³/mol. The highest BCUT2D eigenvalue weighted by atomic mass is 32.1. The van der Waals surface area contributed by atoms with Gasteiger partial charge >= 0.3 is 5.97 Å². The Labute approximate surface area is 163 Å². The normalized spacial score (nSPS) is 14.3. The van der Waals surface area contributed by atoms with Gasteiger partial charge in [-0.3, -0.25) is 9.59 Å². The maximum atomic E-state index is 13.8. The second kappa shape index (κ2) is 8.47. The molecule has 2 amide bonds. The van der Waals surface area contributed by atoms with Crippen LogP contribution in [0.25, 0.3) is 0 Å².